The van der Waals surface area contributed by atoms with Crippen molar-refractivity contribution in [1.29, 1.82) is 0 Å². The molecule has 5 heteroatoms. The molecule has 0 spiro atoms. The molecule has 2 heterocycles. The Labute approximate surface area is 127 Å². The fourth-order valence-electron chi connectivity index (χ4n) is 3.92. The number of aryl methyl sites for hydroxylation is 3. The van der Waals surface area contributed by atoms with Gasteiger partial charge in [0, 0.05) is 13.1 Å². The molecule has 2 aliphatic heterocycles. The van der Waals surface area contributed by atoms with Gasteiger partial charge in [0.15, 0.2) is 0 Å². The Bertz CT molecular complexity index is 631. The van der Waals surface area contributed by atoms with Crippen molar-refractivity contribution in [3.05, 3.63) is 28.8 Å². The summed E-state index contributed by atoms with van der Waals surface area (Å²) in [5, 5.41) is 3.38. The molecule has 0 saturated carbocycles. The molecule has 2 aliphatic rings. The van der Waals surface area contributed by atoms with Crippen molar-refractivity contribution in [3.8, 4) is 0 Å². The van der Waals surface area contributed by atoms with Gasteiger partial charge in [-0.05, 0) is 63.2 Å². The summed E-state index contributed by atoms with van der Waals surface area (Å²) in [5.74, 6) is 1.12. The summed E-state index contributed by atoms with van der Waals surface area (Å²) in [6.07, 6.45) is 0.973. The van der Waals surface area contributed by atoms with E-state index in [9.17, 15) is 8.42 Å². The highest BCUT2D eigenvalue weighted by Crippen LogP contribution is 2.32. The minimum absolute atomic E-state index is 0.472. The van der Waals surface area contributed by atoms with Crippen LogP contribution >= 0.6 is 0 Å². The van der Waals surface area contributed by atoms with Crippen LogP contribution in [-0.4, -0.2) is 38.9 Å². The number of hydrogen-bond donors (Lipinski definition) is 1. The molecule has 0 aliphatic carbocycles. The van der Waals surface area contributed by atoms with Gasteiger partial charge in [-0.15, -0.1) is 0 Å². The minimum Gasteiger partial charge on any atom is -0.316 e. The summed E-state index contributed by atoms with van der Waals surface area (Å²) < 4.78 is 27.8. The Morgan fingerprint density at radius 2 is 1.71 bits per heavy atom. The van der Waals surface area contributed by atoms with Gasteiger partial charge in [0.25, 0.3) is 0 Å². The van der Waals surface area contributed by atoms with Crippen LogP contribution in [0.5, 0.6) is 0 Å². The Hall–Kier alpha value is -0.910. The molecule has 0 amide bonds. The molecule has 2 atom stereocenters. The molecule has 0 radical (unpaired) electrons. The van der Waals surface area contributed by atoms with E-state index >= 15 is 0 Å². The zero-order valence-electron chi connectivity index (χ0n) is 13.0. The third-order valence-corrected chi connectivity index (χ3v) is 7.04. The topological polar surface area (TPSA) is 49.4 Å². The van der Waals surface area contributed by atoms with Crippen molar-refractivity contribution < 1.29 is 8.42 Å². The summed E-state index contributed by atoms with van der Waals surface area (Å²) in [6.45, 7) is 9.11. The minimum atomic E-state index is -3.37. The molecule has 0 aromatic heterocycles. The lowest BCUT2D eigenvalue weighted by Crippen LogP contribution is -2.43. The van der Waals surface area contributed by atoms with E-state index in [0.717, 1.165) is 36.2 Å². The number of nitrogens with zero attached hydrogens (tertiary/aromatic N) is 1. The predicted octanol–water partition coefficient (Wildman–Crippen LogP) is 1.84. The fourth-order valence-corrected chi connectivity index (χ4v) is 5.85. The van der Waals surface area contributed by atoms with Gasteiger partial charge in [-0.25, -0.2) is 8.42 Å². The predicted molar refractivity (Wildman–Crippen MR) is 83.9 cm³/mol. The Morgan fingerprint density at radius 3 is 2.38 bits per heavy atom. The molecule has 3 rings (SSSR count). The van der Waals surface area contributed by atoms with Crippen LogP contribution in [0.25, 0.3) is 0 Å². The van der Waals surface area contributed by atoms with Crippen molar-refractivity contribution in [2.75, 3.05) is 26.2 Å². The molecule has 1 aromatic carbocycles. The molecule has 1 aromatic rings. The second-order valence-corrected chi connectivity index (χ2v) is 8.43. The van der Waals surface area contributed by atoms with Crippen molar-refractivity contribution in [2.45, 2.75) is 32.1 Å². The number of benzene rings is 1. The molecule has 0 bridgehead atoms. The normalized spacial score (nSPS) is 26.8. The standard InChI is InChI=1S/C16H24N2O2S/c1-11-6-12(2)16(13(3)7-11)21(19,20)18-5-4-14-8-17-9-15(14)10-18/h6-7,14-15,17H,4-5,8-10H2,1-3H3. The van der Waals surface area contributed by atoms with E-state index in [-0.39, 0.29) is 0 Å². The number of fused-ring (bicyclic) bond motifs is 1. The lowest BCUT2D eigenvalue weighted by atomic mass is 9.90. The highest BCUT2D eigenvalue weighted by molar-refractivity contribution is 7.89. The highest BCUT2D eigenvalue weighted by atomic mass is 32.2. The lowest BCUT2D eigenvalue weighted by Gasteiger charge is -2.34. The van der Waals surface area contributed by atoms with Gasteiger partial charge in [0.05, 0.1) is 4.90 Å². The van der Waals surface area contributed by atoms with Crippen LogP contribution in [0.4, 0.5) is 0 Å². The van der Waals surface area contributed by atoms with Gasteiger partial charge in [-0.2, -0.15) is 4.31 Å². The quantitative estimate of drug-likeness (QED) is 0.907. The second-order valence-electron chi connectivity index (χ2n) is 6.56. The smallest absolute Gasteiger partial charge is 0.243 e. The van der Waals surface area contributed by atoms with Crippen LogP contribution in [-0.2, 0) is 10.0 Å². The zero-order valence-corrected chi connectivity index (χ0v) is 13.8. The number of piperidine rings is 1. The average molecular weight is 308 g/mol. The van der Waals surface area contributed by atoms with Gasteiger partial charge in [0.2, 0.25) is 10.0 Å². The maximum atomic E-state index is 13.0. The molecule has 2 fully saturated rings. The summed E-state index contributed by atoms with van der Waals surface area (Å²) in [5.41, 5.74) is 2.83. The van der Waals surface area contributed by atoms with E-state index in [4.69, 9.17) is 0 Å². The summed E-state index contributed by atoms with van der Waals surface area (Å²) in [6, 6.07) is 3.92. The van der Waals surface area contributed by atoms with Crippen LogP contribution in [0.3, 0.4) is 0 Å². The van der Waals surface area contributed by atoms with E-state index in [2.05, 4.69) is 5.32 Å². The fraction of sp³-hybridized carbons (Fsp3) is 0.625. The number of nitrogens with one attached hydrogen (secondary N) is 1. The van der Waals surface area contributed by atoms with E-state index in [1.807, 2.05) is 32.9 Å². The Kier molecular flexibility index (Phi) is 3.84. The van der Waals surface area contributed by atoms with E-state index < -0.39 is 10.0 Å². The Balaban J connectivity index is 1.94. The van der Waals surface area contributed by atoms with Crippen LogP contribution < -0.4 is 5.32 Å². The monoisotopic (exact) mass is 308 g/mol. The lowest BCUT2D eigenvalue weighted by molar-refractivity contribution is 0.227. The molecular weight excluding hydrogens is 284 g/mol. The molecular formula is C16H24N2O2S. The molecule has 4 nitrogen and oxygen atoms in total. The van der Waals surface area contributed by atoms with Crippen LogP contribution in [0, 0.1) is 32.6 Å². The maximum Gasteiger partial charge on any atom is 0.243 e. The van der Waals surface area contributed by atoms with Gasteiger partial charge in [-0.1, -0.05) is 17.7 Å². The third kappa shape index (κ3) is 2.62. The van der Waals surface area contributed by atoms with Gasteiger partial charge in [0.1, 0.15) is 0 Å². The average Bonchev–Trinajstić information content (AvgIpc) is 2.83. The number of rotatable bonds is 2. The van der Waals surface area contributed by atoms with E-state index in [1.54, 1.807) is 4.31 Å². The SMILES string of the molecule is Cc1cc(C)c(S(=O)(=O)N2CCC3CNCC3C2)c(C)c1. The summed E-state index contributed by atoms with van der Waals surface area (Å²) in [4.78, 5) is 0.512. The highest BCUT2D eigenvalue weighted by Gasteiger charge is 2.38. The molecule has 116 valence electrons. The Morgan fingerprint density at radius 1 is 1.10 bits per heavy atom. The zero-order chi connectivity index (χ0) is 15.2. The molecule has 2 unspecified atom stereocenters. The van der Waals surface area contributed by atoms with Gasteiger partial charge < -0.3 is 5.32 Å². The molecule has 1 N–H and O–H groups in total. The van der Waals surface area contributed by atoms with Gasteiger partial charge >= 0.3 is 0 Å². The largest absolute Gasteiger partial charge is 0.316 e. The van der Waals surface area contributed by atoms with E-state index in [0.29, 0.717) is 29.8 Å². The molecule has 2 saturated heterocycles. The van der Waals surface area contributed by atoms with Crippen molar-refractivity contribution in [2.24, 2.45) is 11.8 Å². The van der Waals surface area contributed by atoms with Crippen molar-refractivity contribution in [3.63, 3.8) is 0 Å². The first-order valence-electron chi connectivity index (χ1n) is 7.68. The third-order valence-electron chi connectivity index (χ3n) is 4.87. The first-order chi connectivity index (χ1) is 9.89. The summed E-state index contributed by atoms with van der Waals surface area (Å²) in [7, 11) is -3.37. The first kappa shape index (κ1) is 15.0. The van der Waals surface area contributed by atoms with Crippen molar-refractivity contribution >= 4 is 10.0 Å². The van der Waals surface area contributed by atoms with Crippen molar-refractivity contribution in [1.82, 2.24) is 9.62 Å². The van der Waals surface area contributed by atoms with Crippen LogP contribution in [0.2, 0.25) is 0 Å². The number of sulfonamides is 1. The van der Waals surface area contributed by atoms with Crippen LogP contribution in [0.15, 0.2) is 17.0 Å². The number of hydrogen-bond acceptors (Lipinski definition) is 3. The first-order valence-corrected chi connectivity index (χ1v) is 9.12. The second kappa shape index (κ2) is 5.38. The van der Waals surface area contributed by atoms with Gasteiger partial charge in [-0.3, -0.25) is 0 Å². The van der Waals surface area contributed by atoms with E-state index in [1.165, 1.54) is 0 Å². The summed E-state index contributed by atoms with van der Waals surface area (Å²) >= 11 is 0. The maximum absolute atomic E-state index is 13.0. The molecule has 21 heavy (non-hydrogen) atoms. The van der Waals surface area contributed by atoms with Crippen LogP contribution in [0.1, 0.15) is 23.1 Å².